The van der Waals surface area contributed by atoms with E-state index in [4.69, 9.17) is 10.9 Å². The van der Waals surface area contributed by atoms with Gasteiger partial charge in [0, 0.05) is 5.69 Å². The standard InChI is InChI=1S/C12H19N3O/c1-4-10(12(13)15-16)14-11-7-8(2)5-6-9(11)3/h5-7,10,14,16H,4H2,1-3H3,(H2,13,15). The summed E-state index contributed by atoms with van der Waals surface area (Å²) in [5, 5.41) is 15.0. The number of anilines is 1. The topological polar surface area (TPSA) is 70.6 Å². The summed E-state index contributed by atoms with van der Waals surface area (Å²) < 4.78 is 0. The van der Waals surface area contributed by atoms with Gasteiger partial charge in [0.25, 0.3) is 0 Å². The van der Waals surface area contributed by atoms with Gasteiger partial charge >= 0.3 is 0 Å². The van der Waals surface area contributed by atoms with Crippen LogP contribution in [-0.2, 0) is 0 Å². The third-order valence-electron chi connectivity index (χ3n) is 2.60. The van der Waals surface area contributed by atoms with Gasteiger partial charge in [-0.1, -0.05) is 24.2 Å². The minimum Gasteiger partial charge on any atom is -0.409 e. The molecule has 4 N–H and O–H groups in total. The number of hydrogen-bond acceptors (Lipinski definition) is 3. The number of nitrogens with zero attached hydrogens (tertiary/aromatic N) is 1. The van der Waals surface area contributed by atoms with Crippen LogP contribution in [-0.4, -0.2) is 17.1 Å². The Morgan fingerprint density at radius 1 is 1.50 bits per heavy atom. The van der Waals surface area contributed by atoms with Gasteiger partial charge in [-0.05, 0) is 37.5 Å². The largest absolute Gasteiger partial charge is 0.409 e. The number of aryl methyl sites for hydroxylation is 2. The molecule has 0 heterocycles. The third-order valence-corrected chi connectivity index (χ3v) is 2.60. The Morgan fingerprint density at radius 3 is 2.75 bits per heavy atom. The van der Waals surface area contributed by atoms with E-state index in [0.29, 0.717) is 0 Å². The number of rotatable bonds is 4. The van der Waals surface area contributed by atoms with E-state index in [0.717, 1.165) is 17.7 Å². The predicted molar refractivity (Wildman–Crippen MR) is 67.0 cm³/mol. The minimum atomic E-state index is -0.134. The van der Waals surface area contributed by atoms with Gasteiger partial charge in [-0.3, -0.25) is 0 Å². The van der Waals surface area contributed by atoms with Crippen LogP contribution in [0.5, 0.6) is 0 Å². The lowest BCUT2D eigenvalue weighted by Gasteiger charge is -2.18. The van der Waals surface area contributed by atoms with E-state index in [1.807, 2.05) is 20.8 Å². The molecule has 0 spiro atoms. The summed E-state index contributed by atoms with van der Waals surface area (Å²) in [6, 6.07) is 6.04. The summed E-state index contributed by atoms with van der Waals surface area (Å²) in [6.45, 7) is 6.05. The van der Waals surface area contributed by atoms with E-state index >= 15 is 0 Å². The van der Waals surface area contributed by atoms with Gasteiger partial charge in [0.15, 0.2) is 5.84 Å². The zero-order valence-electron chi connectivity index (χ0n) is 9.99. The lowest BCUT2D eigenvalue weighted by molar-refractivity contribution is 0.316. The van der Waals surface area contributed by atoms with E-state index in [1.165, 1.54) is 5.56 Å². The van der Waals surface area contributed by atoms with E-state index < -0.39 is 0 Å². The lowest BCUT2D eigenvalue weighted by Crippen LogP contribution is -2.35. The third kappa shape index (κ3) is 2.89. The van der Waals surface area contributed by atoms with Crippen LogP contribution in [0.2, 0.25) is 0 Å². The first-order valence-electron chi connectivity index (χ1n) is 5.39. The van der Waals surface area contributed by atoms with Crippen LogP contribution in [0, 0.1) is 13.8 Å². The van der Waals surface area contributed by atoms with Gasteiger partial charge in [-0.2, -0.15) is 0 Å². The summed E-state index contributed by atoms with van der Waals surface area (Å²) in [6.07, 6.45) is 0.767. The molecule has 16 heavy (non-hydrogen) atoms. The van der Waals surface area contributed by atoms with E-state index in [-0.39, 0.29) is 11.9 Å². The fourth-order valence-electron chi connectivity index (χ4n) is 1.53. The molecular formula is C12H19N3O. The molecule has 1 aromatic carbocycles. The van der Waals surface area contributed by atoms with Crippen LogP contribution in [0.25, 0.3) is 0 Å². The first-order chi connectivity index (χ1) is 7.58. The summed E-state index contributed by atoms with van der Waals surface area (Å²) in [5.41, 5.74) is 8.96. The second-order valence-electron chi connectivity index (χ2n) is 3.95. The summed E-state index contributed by atoms with van der Waals surface area (Å²) >= 11 is 0. The molecule has 4 nitrogen and oxygen atoms in total. The van der Waals surface area contributed by atoms with Crippen molar-refractivity contribution in [2.75, 3.05) is 5.32 Å². The molecule has 4 heteroatoms. The smallest absolute Gasteiger partial charge is 0.161 e. The molecule has 88 valence electrons. The first-order valence-corrected chi connectivity index (χ1v) is 5.39. The predicted octanol–water partition coefficient (Wildman–Crippen LogP) is 2.24. The van der Waals surface area contributed by atoms with Crippen molar-refractivity contribution in [2.24, 2.45) is 10.9 Å². The molecule has 0 radical (unpaired) electrons. The van der Waals surface area contributed by atoms with Crippen LogP contribution in [0.3, 0.4) is 0 Å². The second-order valence-corrected chi connectivity index (χ2v) is 3.95. The van der Waals surface area contributed by atoms with Crippen LogP contribution < -0.4 is 11.1 Å². The zero-order chi connectivity index (χ0) is 12.1. The summed E-state index contributed by atoms with van der Waals surface area (Å²) in [7, 11) is 0. The molecule has 1 aromatic rings. The molecule has 0 fully saturated rings. The van der Waals surface area contributed by atoms with Crippen molar-refractivity contribution in [2.45, 2.75) is 33.2 Å². The van der Waals surface area contributed by atoms with Crippen molar-refractivity contribution in [3.63, 3.8) is 0 Å². The number of benzene rings is 1. The van der Waals surface area contributed by atoms with Crippen molar-refractivity contribution in [1.82, 2.24) is 0 Å². The fourth-order valence-corrected chi connectivity index (χ4v) is 1.53. The van der Waals surface area contributed by atoms with E-state index in [1.54, 1.807) is 0 Å². The highest BCUT2D eigenvalue weighted by Gasteiger charge is 2.12. The quantitative estimate of drug-likeness (QED) is 0.316. The Bertz CT molecular complexity index is 388. The molecule has 0 aliphatic carbocycles. The van der Waals surface area contributed by atoms with Crippen LogP contribution in [0.4, 0.5) is 5.69 Å². The summed E-state index contributed by atoms with van der Waals surface area (Å²) in [5.74, 6) is 0.211. The maximum atomic E-state index is 8.66. The number of nitrogens with one attached hydrogen (secondary N) is 1. The number of oxime groups is 1. The van der Waals surface area contributed by atoms with Gasteiger partial charge in [0.2, 0.25) is 0 Å². The second kappa shape index (κ2) is 5.39. The highest BCUT2D eigenvalue weighted by Crippen LogP contribution is 2.18. The molecule has 0 bridgehead atoms. The average Bonchev–Trinajstić information content (AvgIpc) is 2.29. The maximum Gasteiger partial charge on any atom is 0.161 e. The van der Waals surface area contributed by atoms with Crippen molar-refractivity contribution in [3.05, 3.63) is 29.3 Å². The summed E-state index contributed by atoms with van der Waals surface area (Å²) in [4.78, 5) is 0. The number of hydrogen-bond donors (Lipinski definition) is 3. The molecule has 0 aliphatic heterocycles. The normalized spacial score (nSPS) is 13.6. The van der Waals surface area contributed by atoms with Crippen LogP contribution in [0.15, 0.2) is 23.4 Å². The van der Waals surface area contributed by atoms with Crippen LogP contribution >= 0.6 is 0 Å². The molecular weight excluding hydrogens is 202 g/mol. The Hall–Kier alpha value is -1.71. The van der Waals surface area contributed by atoms with Gasteiger partial charge in [0.1, 0.15) is 0 Å². The maximum absolute atomic E-state index is 8.66. The fraction of sp³-hybridized carbons (Fsp3) is 0.417. The zero-order valence-corrected chi connectivity index (χ0v) is 9.99. The molecule has 1 rings (SSSR count). The van der Waals surface area contributed by atoms with Crippen LogP contribution in [0.1, 0.15) is 24.5 Å². The molecule has 0 aliphatic rings. The Kier molecular flexibility index (Phi) is 4.17. The molecule has 0 saturated carbocycles. The molecule has 0 amide bonds. The lowest BCUT2D eigenvalue weighted by atomic mass is 10.1. The van der Waals surface area contributed by atoms with Gasteiger partial charge in [0.05, 0.1) is 6.04 Å². The highest BCUT2D eigenvalue weighted by atomic mass is 16.4. The average molecular weight is 221 g/mol. The minimum absolute atomic E-state index is 0.134. The molecule has 0 saturated heterocycles. The van der Waals surface area contributed by atoms with Crippen molar-refractivity contribution >= 4 is 11.5 Å². The number of amidine groups is 1. The SMILES string of the molecule is CCC(Nc1cc(C)ccc1C)C(N)=NO. The van der Waals surface area contributed by atoms with Crippen molar-refractivity contribution in [3.8, 4) is 0 Å². The molecule has 1 atom stereocenters. The molecule has 1 unspecified atom stereocenters. The Balaban J connectivity index is 2.89. The van der Waals surface area contributed by atoms with Crippen molar-refractivity contribution in [1.29, 1.82) is 0 Å². The monoisotopic (exact) mass is 221 g/mol. The van der Waals surface area contributed by atoms with E-state index in [2.05, 4.69) is 28.7 Å². The van der Waals surface area contributed by atoms with Crippen molar-refractivity contribution < 1.29 is 5.21 Å². The first kappa shape index (κ1) is 12.4. The van der Waals surface area contributed by atoms with Gasteiger partial charge in [-0.25, -0.2) is 0 Å². The Labute approximate surface area is 96.2 Å². The molecule has 0 aromatic heterocycles. The van der Waals surface area contributed by atoms with E-state index in [9.17, 15) is 0 Å². The van der Waals surface area contributed by atoms with Gasteiger partial charge < -0.3 is 16.3 Å². The van der Waals surface area contributed by atoms with Gasteiger partial charge in [-0.15, -0.1) is 0 Å². The Morgan fingerprint density at radius 2 is 2.19 bits per heavy atom. The highest BCUT2D eigenvalue weighted by molar-refractivity contribution is 5.87. The number of nitrogens with two attached hydrogens (primary N) is 1.